The Hall–Kier alpha value is -1.93. The summed E-state index contributed by atoms with van der Waals surface area (Å²) in [5, 5.41) is 7.47. The Morgan fingerprint density at radius 1 is 1.48 bits per heavy atom. The molecule has 0 radical (unpaired) electrons. The number of carbonyl (C=O) groups excluding carboxylic acids is 1. The van der Waals surface area contributed by atoms with Crippen LogP contribution in [-0.4, -0.2) is 26.8 Å². The summed E-state index contributed by atoms with van der Waals surface area (Å²) < 4.78 is 10.0. The van der Waals surface area contributed by atoms with E-state index < -0.39 is 0 Å². The lowest BCUT2D eigenvalue weighted by molar-refractivity contribution is -0.141. The van der Waals surface area contributed by atoms with Gasteiger partial charge in [-0.1, -0.05) is 16.9 Å². The molecule has 0 saturated heterocycles. The molecule has 0 aliphatic carbocycles. The minimum atomic E-state index is -0.317. The molecule has 0 fully saturated rings. The lowest BCUT2D eigenvalue weighted by Gasteiger charge is -2.03. The maximum Gasteiger partial charge on any atom is 0.316 e. The number of esters is 1. The van der Waals surface area contributed by atoms with Crippen molar-refractivity contribution in [1.29, 1.82) is 0 Å². The van der Waals surface area contributed by atoms with Crippen molar-refractivity contribution in [2.45, 2.75) is 18.6 Å². The molecule has 108 valence electrons. The fourth-order valence-electron chi connectivity index (χ4n) is 1.69. The summed E-state index contributed by atoms with van der Waals surface area (Å²) in [5.41, 5.74) is 0.605. The molecule has 0 spiro atoms. The highest BCUT2D eigenvalue weighted by atomic mass is 32.2. The van der Waals surface area contributed by atoms with Crippen LogP contribution >= 0.6 is 23.1 Å². The molecule has 3 heterocycles. The summed E-state index contributed by atoms with van der Waals surface area (Å²) in [7, 11) is 0. The van der Waals surface area contributed by atoms with Gasteiger partial charge in [0.25, 0.3) is 0 Å². The second-order valence-electron chi connectivity index (χ2n) is 4.20. The van der Waals surface area contributed by atoms with Crippen molar-refractivity contribution in [3.8, 4) is 0 Å². The van der Waals surface area contributed by atoms with E-state index >= 15 is 0 Å². The molecule has 0 atom stereocenters. The maximum atomic E-state index is 11.7. The average molecular weight is 321 g/mol. The van der Waals surface area contributed by atoms with Crippen molar-refractivity contribution < 1.29 is 14.1 Å². The minimum absolute atomic E-state index is 0.119. The lowest BCUT2D eigenvalue weighted by Crippen LogP contribution is -2.07. The quantitative estimate of drug-likeness (QED) is 0.406. The SMILES string of the molecule is Cc1cc(COC(=O)CSc2ncnc3sccc23)no1. The predicted octanol–water partition coefficient (Wildman–Crippen LogP) is 2.82. The number of ether oxygens (including phenoxy) is 1. The zero-order valence-electron chi connectivity index (χ0n) is 11.1. The fourth-order valence-corrected chi connectivity index (χ4v) is 3.27. The van der Waals surface area contributed by atoms with Gasteiger partial charge >= 0.3 is 5.97 Å². The molecule has 0 aliphatic rings. The standard InChI is InChI=1S/C13H11N3O3S2/c1-8-4-9(16-19-8)5-18-11(17)6-21-13-10-2-3-20-12(10)14-7-15-13/h2-4,7H,5-6H2,1H3. The third-order valence-electron chi connectivity index (χ3n) is 2.61. The van der Waals surface area contributed by atoms with E-state index in [4.69, 9.17) is 9.26 Å². The fraction of sp³-hybridized carbons (Fsp3) is 0.231. The molecule has 0 unspecified atom stereocenters. The highest BCUT2D eigenvalue weighted by molar-refractivity contribution is 8.00. The van der Waals surface area contributed by atoms with Crippen molar-refractivity contribution in [2.24, 2.45) is 0 Å². The van der Waals surface area contributed by atoms with Crippen LogP contribution in [0, 0.1) is 6.92 Å². The molecule has 3 rings (SSSR count). The van der Waals surface area contributed by atoms with Crippen LogP contribution in [0.25, 0.3) is 10.2 Å². The number of thiophene rings is 1. The Balaban J connectivity index is 1.55. The number of nitrogens with zero attached hydrogens (tertiary/aromatic N) is 3. The number of hydrogen-bond acceptors (Lipinski definition) is 8. The smallest absolute Gasteiger partial charge is 0.316 e. The van der Waals surface area contributed by atoms with Crippen LogP contribution < -0.4 is 0 Å². The molecule has 21 heavy (non-hydrogen) atoms. The summed E-state index contributed by atoms with van der Waals surface area (Å²) in [6, 6.07) is 3.69. The molecule has 3 aromatic rings. The molecule has 0 amide bonds. The van der Waals surface area contributed by atoms with Crippen molar-refractivity contribution >= 4 is 39.3 Å². The molecule has 6 nitrogen and oxygen atoms in total. The first-order valence-corrected chi connectivity index (χ1v) is 7.98. The topological polar surface area (TPSA) is 78.1 Å². The largest absolute Gasteiger partial charge is 0.458 e. The van der Waals surface area contributed by atoms with E-state index in [-0.39, 0.29) is 18.3 Å². The van der Waals surface area contributed by atoms with Crippen LogP contribution in [0.4, 0.5) is 0 Å². The second kappa shape index (κ2) is 6.23. The molecule has 0 N–H and O–H groups in total. The number of aromatic nitrogens is 3. The Kier molecular flexibility index (Phi) is 4.16. The van der Waals surface area contributed by atoms with Gasteiger partial charge in [0.05, 0.1) is 5.75 Å². The number of rotatable bonds is 5. The van der Waals surface area contributed by atoms with E-state index in [9.17, 15) is 4.79 Å². The van der Waals surface area contributed by atoms with E-state index in [0.717, 1.165) is 15.2 Å². The molecule has 0 aromatic carbocycles. The Labute approximate surface area is 128 Å². The van der Waals surface area contributed by atoms with E-state index in [1.807, 2.05) is 11.4 Å². The first kappa shape index (κ1) is 14.0. The van der Waals surface area contributed by atoms with Gasteiger partial charge in [-0.05, 0) is 18.4 Å². The first-order valence-electron chi connectivity index (χ1n) is 6.11. The van der Waals surface area contributed by atoms with E-state index in [1.54, 1.807) is 24.3 Å². The molecular weight excluding hydrogens is 310 g/mol. The molecule has 0 bridgehead atoms. The highest BCUT2D eigenvalue weighted by Gasteiger charge is 2.10. The van der Waals surface area contributed by atoms with Gasteiger partial charge in [-0.3, -0.25) is 4.79 Å². The van der Waals surface area contributed by atoms with E-state index in [0.29, 0.717) is 11.5 Å². The normalized spacial score (nSPS) is 10.9. The van der Waals surface area contributed by atoms with Gasteiger partial charge in [-0.2, -0.15) is 0 Å². The van der Waals surface area contributed by atoms with Gasteiger partial charge in [-0.15, -0.1) is 11.3 Å². The summed E-state index contributed by atoms with van der Waals surface area (Å²) in [6.07, 6.45) is 1.50. The Bertz CT molecular complexity index is 769. The summed E-state index contributed by atoms with van der Waals surface area (Å²) in [6.45, 7) is 1.91. The van der Waals surface area contributed by atoms with Crippen LogP contribution in [0.1, 0.15) is 11.5 Å². The number of hydrogen-bond donors (Lipinski definition) is 0. The molecule has 0 saturated carbocycles. The third-order valence-corrected chi connectivity index (χ3v) is 4.41. The van der Waals surface area contributed by atoms with E-state index in [2.05, 4.69) is 15.1 Å². The summed E-state index contributed by atoms with van der Waals surface area (Å²) >= 11 is 2.89. The van der Waals surface area contributed by atoms with Gasteiger partial charge in [0.1, 0.15) is 34.2 Å². The zero-order valence-corrected chi connectivity index (χ0v) is 12.7. The van der Waals surface area contributed by atoms with Crippen molar-refractivity contribution in [1.82, 2.24) is 15.1 Å². The maximum absolute atomic E-state index is 11.7. The van der Waals surface area contributed by atoms with Crippen LogP contribution in [0.3, 0.4) is 0 Å². The van der Waals surface area contributed by atoms with Crippen molar-refractivity contribution in [2.75, 3.05) is 5.75 Å². The van der Waals surface area contributed by atoms with Crippen molar-refractivity contribution in [3.63, 3.8) is 0 Å². The van der Waals surface area contributed by atoms with Crippen LogP contribution in [0.15, 0.2) is 33.4 Å². The number of carbonyl (C=O) groups is 1. The van der Waals surface area contributed by atoms with Crippen LogP contribution in [0.5, 0.6) is 0 Å². The summed E-state index contributed by atoms with van der Waals surface area (Å²) in [4.78, 5) is 21.0. The highest BCUT2D eigenvalue weighted by Crippen LogP contribution is 2.27. The molecular formula is C13H11N3O3S2. The van der Waals surface area contributed by atoms with Gasteiger partial charge in [0, 0.05) is 11.5 Å². The van der Waals surface area contributed by atoms with Gasteiger partial charge in [-0.25, -0.2) is 9.97 Å². The van der Waals surface area contributed by atoms with Gasteiger partial charge in [0.2, 0.25) is 0 Å². The van der Waals surface area contributed by atoms with Crippen LogP contribution in [-0.2, 0) is 16.1 Å². The van der Waals surface area contributed by atoms with E-state index in [1.165, 1.54) is 18.1 Å². The summed E-state index contributed by atoms with van der Waals surface area (Å²) in [5.74, 6) is 0.567. The molecule has 3 aromatic heterocycles. The van der Waals surface area contributed by atoms with Crippen LogP contribution in [0.2, 0.25) is 0 Å². The number of aryl methyl sites for hydroxylation is 1. The number of thioether (sulfide) groups is 1. The molecule has 8 heteroatoms. The monoisotopic (exact) mass is 321 g/mol. The minimum Gasteiger partial charge on any atom is -0.458 e. The Morgan fingerprint density at radius 3 is 3.19 bits per heavy atom. The predicted molar refractivity (Wildman–Crippen MR) is 79.2 cm³/mol. The Morgan fingerprint density at radius 2 is 2.38 bits per heavy atom. The second-order valence-corrected chi connectivity index (χ2v) is 6.06. The average Bonchev–Trinajstić information content (AvgIpc) is 3.11. The van der Waals surface area contributed by atoms with Gasteiger partial charge in [0.15, 0.2) is 0 Å². The molecule has 0 aliphatic heterocycles. The first-order chi connectivity index (χ1) is 10.2. The van der Waals surface area contributed by atoms with Gasteiger partial charge < -0.3 is 9.26 Å². The number of fused-ring (bicyclic) bond motifs is 1. The lowest BCUT2D eigenvalue weighted by atomic mass is 10.4. The van der Waals surface area contributed by atoms with Crippen molar-refractivity contribution in [3.05, 3.63) is 35.3 Å². The third kappa shape index (κ3) is 3.40. The zero-order chi connectivity index (χ0) is 14.7.